The Morgan fingerprint density at radius 2 is 2.22 bits per heavy atom. The number of aliphatic carboxylic acids is 1. The molecule has 0 radical (unpaired) electrons. The Hall–Kier alpha value is -2.26. The molecule has 0 fully saturated rings. The number of nitriles is 1. The normalized spacial score (nSPS) is 11.4. The Labute approximate surface area is 105 Å². The van der Waals surface area contributed by atoms with Gasteiger partial charge in [-0.15, -0.1) is 0 Å². The molecule has 1 aromatic carbocycles. The van der Waals surface area contributed by atoms with E-state index >= 15 is 0 Å². The summed E-state index contributed by atoms with van der Waals surface area (Å²) in [5.41, 5.74) is 5.76. The first-order valence-corrected chi connectivity index (χ1v) is 5.36. The van der Waals surface area contributed by atoms with E-state index in [0.717, 1.165) is 0 Å². The molecule has 0 aromatic heterocycles. The van der Waals surface area contributed by atoms with E-state index < -0.39 is 12.0 Å². The first kappa shape index (κ1) is 13.8. The van der Waals surface area contributed by atoms with E-state index in [1.165, 1.54) is 6.07 Å². The largest absolute Gasteiger partial charge is 0.490 e. The zero-order chi connectivity index (χ0) is 13.5. The molecule has 3 N–H and O–H groups in total. The van der Waals surface area contributed by atoms with Crippen LogP contribution in [0, 0.1) is 11.3 Å². The van der Waals surface area contributed by atoms with E-state index in [1.54, 1.807) is 19.1 Å². The number of ether oxygens (including phenoxy) is 2. The smallest absolute Gasteiger partial charge is 0.324 e. The van der Waals surface area contributed by atoms with Crippen molar-refractivity contribution < 1.29 is 19.4 Å². The molecule has 1 atom stereocenters. The van der Waals surface area contributed by atoms with Crippen LogP contribution in [-0.4, -0.2) is 30.3 Å². The third-order valence-corrected chi connectivity index (χ3v) is 2.11. The summed E-state index contributed by atoms with van der Waals surface area (Å²) in [5.74, 6) is -0.372. The predicted octanol–water partition coefficient (Wildman–Crippen LogP) is 0.748. The first-order chi connectivity index (χ1) is 8.58. The summed E-state index contributed by atoms with van der Waals surface area (Å²) in [6, 6.07) is 5.53. The zero-order valence-corrected chi connectivity index (χ0v) is 9.92. The van der Waals surface area contributed by atoms with Gasteiger partial charge in [-0.1, -0.05) is 0 Å². The molecule has 0 aliphatic carbocycles. The quantitative estimate of drug-likeness (QED) is 0.771. The fraction of sp³-hybridized carbons (Fsp3) is 0.333. The third-order valence-electron chi connectivity index (χ3n) is 2.11. The number of benzene rings is 1. The van der Waals surface area contributed by atoms with Crippen LogP contribution in [-0.2, 0) is 4.79 Å². The maximum absolute atomic E-state index is 10.6. The Bertz CT molecular complexity index is 468. The Morgan fingerprint density at radius 3 is 2.78 bits per heavy atom. The van der Waals surface area contributed by atoms with Crippen molar-refractivity contribution in [2.45, 2.75) is 13.0 Å². The Balaban J connectivity index is 2.81. The summed E-state index contributed by atoms with van der Waals surface area (Å²) >= 11 is 0. The second kappa shape index (κ2) is 6.47. The molecule has 0 saturated heterocycles. The Morgan fingerprint density at radius 1 is 1.50 bits per heavy atom. The van der Waals surface area contributed by atoms with Gasteiger partial charge in [-0.3, -0.25) is 4.79 Å². The van der Waals surface area contributed by atoms with Crippen LogP contribution in [0.3, 0.4) is 0 Å². The van der Waals surface area contributed by atoms with Crippen LogP contribution in [0.15, 0.2) is 18.2 Å². The predicted molar refractivity (Wildman–Crippen MR) is 63.4 cm³/mol. The van der Waals surface area contributed by atoms with Crippen LogP contribution >= 0.6 is 0 Å². The van der Waals surface area contributed by atoms with Crippen molar-refractivity contribution in [2.75, 3.05) is 13.2 Å². The molecule has 1 unspecified atom stereocenters. The zero-order valence-electron chi connectivity index (χ0n) is 9.92. The van der Waals surface area contributed by atoms with Gasteiger partial charge in [0.1, 0.15) is 12.6 Å². The Kier molecular flexibility index (Phi) is 4.96. The van der Waals surface area contributed by atoms with Crippen molar-refractivity contribution in [3.8, 4) is 17.6 Å². The number of hydrogen-bond acceptors (Lipinski definition) is 5. The van der Waals surface area contributed by atoms with Gasteiger partial charge in [-0.2, -0.15) is 5.26 Å². The lowest BCUT2D eigenvalue weighted by molar-refractivity contribution is -0.139. The number of carbonyl (C=O) groups is 1. The highest BCUT2D eigenvalue weighted by molar-refractivity contribution is 5.73. The molecule has 0 aliphatic heterocycles. The number of nitrogens with zero attached hydrogens (tertiary/aromatic N) is 1. The van der Waals surface area contributed by atoms with Crippen LogP contribution in [0.25, 0.3) is 0 Å². The van der Waals surface area contributed by atoms with E-state index in [4.69, 9.17) is 25.6 Å². The first-order valence-electron chi connectivity index (χ1n) is 5.36. The number of hydrogen-bond donors (Lipinski definition) is 2. The lowest BCUT2D eigenvalue weighted by Crippen LogP contribution is -2.36. The highest BCUT2D eigenvalue weighted by Gasteiger charge is 2.14. The van der Waals surface area contributed by atoms with E-state index in [2.05, 4.69) is 0 Å². The van der Waals surface area contributed by atoms with Crippen LogP contribution in [0.2, 0.25) is 0 Å². The lowest BCUT2D eigenvalue weighted by Gasteiger charge is -2.13. The van der Waals surface area contributed by atoms with Crippen LogP contribution in [0.1, 0.15) is 12.5 Å². The summed E-state index contributed by atoms with van der Waals surface area (Å²) in [4.78, 5) is 10.6. The summed E-state index contributed by atoms with van der Waals surface area (Å²) in [7, 11) is 0. The van der Waals surface area contributed by atoms with Gasteiger partial charge in [0, 0.05) is 6.07 Å². The van der Waals surface area contributed by atoms with Gasteiger partial charge in [0.2, 0.25) is 0 Å². The molecule has 6 nitrogen and oxygen atoms in total. The monoisotopic (exact) mass is 250 g/mol. The molecular formula is C12H14N2O4. The molecule has 0 spiro atoms. The van der Waals surface area contributed by atoms with E-state index in [1.807, 2.05) is 6.07 Å². The van der Waals surface area contributed by atoms with E-state index in [0.29, 0.717) is 23.7 Å². The van der Waals surface area contributed by atoms with Crippen molar-refractivity contribution in [1.82, 2.24) is 0 Å². The number of carboxylic acid groups (broad SMARTS) is 1. The van der Waals surface area contributed by atoms with Gasteiger partial charge in [0.05, 0.1) is 18.2 Å². The van der Waals surface area contributed by atoms with E-state index in [9.17, 15) is 4.79 Å². The van der Waals surface area contributed by atoms with Gasteiger partial charge in [0.25, 0.3) is 0 Å². The minimum atomic E-state index is -1.14. The summed E-state index contributed by atoms with van der Waals surface area (Å²) in [6.45, 7) is 2.04. The molecule has 18 heavy (non-hydrogen) atoms. The van der Waals surface area contributed by atoms with Gasteiger partial charge >= 0.3 is 5.97 Å². The molecule has 0 bridgehead atoms. The highest BCUT2D eigenvalue weighted by atomic mass is 16.5. The minimum Gasteiger partial charge on any atom is -0.490 e. The van der Waals surface area contributed by atoms with Gasteiger partial charge in [-0.05, 0) is 19.1 Å². The summed E-state index contributed by atoms with van der Waals surface area (Å²) < 4.78 is 10.6. The van der Waals surface area contributed by atoms with Crippen molar-refractivity contribution >= 4 is 5.97 Å². The SMILES string of the molecule is CCOc1cc(C#N)ccc1OCC(N)C(=O)O. The maximum atomic E-state index is 10.6. The highest BCUT2D eigenvalue weighted by Crippen LogP contribution is 2.28. The average molecular weight is 250 g/mol. The number of nitrogens with two attached hydrogens (primary N) is 1. The van der Waals surface area contributed by atoms with Crippen molar-refractivity contribution in [1.29, 1.82) is 5.26 Å². The molecule has 0 heterocycles. The number of carboxylic acids is 1. The second-order valence-corrected chi connectivity index (χ2v) is 3.46. The number of rotatable bonds is 6. The maximum Gasteiger partial charge on any atom is 0.324 e. The van der Waals surface area contributed by atoms with Crippen molar-refractivity contribution in [2.24, 2.45) is 5.73 Å². The molecule has 1 rings (SSSR count). The summed E-state index contributed by atoms with van der Waals surface area (Å²) in [5, 5.41) is 17.4. The fourth-order valence-corrected chi connectivity index (χ4v) is 1.22. The average Bonchev–Trinajstić information content (AvgIpc) is 2.36. The molecule has 0 aliphatic rings. The summed E-state index contributed by atoms with van der Waals surface area (Å²) in [6.07, 6.45) is 0. The van der Waals surface area contributed by atoms with E-state index in [-0.39, 0.29) is 6.61 Å². The molecule has 96 valence electrons. The topological polar surface area (TPSA) is 106 Å². The van der Waals surface area contributed by atoms with Crippen LogP contribution in [0.4, 0.5) is 0 Å². The molecule has 6 heteroatoms. The van der Waals surface area contributed by atoms with Gasteiger partial charge in [0.15, 0.2) is 11.5 Å². The molecule has 1 aromatic rings. The molecule has 0 saturated carbocycles. The van der Waals surface area contributed by atoms with Gasteiger partial charge in [-0.25, -0.2) is 0 Å². The van der Waals surface area contributed by atoms with Crippen LogP contribution < -0.4 is 15.2 Å². The molecular weight excluding hydrogens is 236 g/mol. The van der Waals surface area contributed by atoms with Gasteiger partial charge < -0.3 is 20.3 Å². The molecule has 0 amide bonds. The lowest BCUT2D eigenvalue weighted by atomic mass is 10.2. The second-order valence-electron chi connectivity index (χ2n) is 3.46. The minimum absolute atomic E-state index is 0.165. The van der Waals surface area contributed by atoms with Crippen molar-refractivity contribution in [3.05, 3.63) is 23.8 Å². The standard InChI is InChI=1S/C12H14N2O4/c1-2-17-11-5-8(6-13)3-4-10(11)18-7-9(14)12(15)16/h3-5,9H,2,7,14H2,1H3,(H,15,16). The van der Waals surface area contributed by atoms with Crippen LogP contribution in [0.5, 0.6) is 11.5 Å². The van der Waals surface area contributed by atoms with Crippen molar-refractivity contribution in [3.63, 3.8) is 0 Å². The fourth-order valence-electron chi connectivity index (χ4n) is 1.22. The third kappa shape index (κ3) is 3.64.